The van der Waals surface area contributed by atoms with Gasteiger partial charge in [0.15, 0.2) is 0 Å². The second-order valence-corrected chi connectivity index (χ2v) is 8.03. The van der Waals surface area contributed by atoms with E-state index in [1.807, 2.05) is 17.8 Å². The third-order valence-corrected chi connectivity index (χ3v) is 5.45. The van der Waals surface area contributed by atoms with Crippen LogP contribution in [-0.2, 0) is 6.54 Å². The third-order valence-electron chi connectivity index (χ3n) is 3.34. The third kappa shape index (κ3) is 3.97. The summed E-state index contributed by atoms with van der Waals surface area (Å²) in [6, 6.07) is 4.96. The minimum atomic E-state index is -0.182. The lowest BCUT2D eigenvalue weighted by atomic mass is 10.1. The highest BCUT2D eigenvalue weighted by Crippen LogP contribution is 2.31. The largest absolute Gasteiger partial charge is 0.298 e. The molecule has 2 rings (SSSR count). The smallest absolute Gasteiger partial charge is 0.124 e. The van der Waals surface area contributed by atoms with Crippen molar-refractivity contribution >= 4 is 27.7 Å². The lowest BCUT2D eigenvalue weighted by Gasteiger charge is -2.23. The van der Waals surface area contributed by atoms with Crippen molar-refractivity contribution in [1.82, 2.24) is 4.90 Å². The van der Waals surface area contributed by atoms with Crippen LogP contribution in [0.1, 0.15) is 25.8 Å². The van der Waals surface area contributed by atoms with E-state index >= 15 is 0 Å². The maximum atomic E-state index is 13.0. The summed E-state index contributed by atoms with van der Waals surface area (Å²) in [5.74, 6) is 0.990. The Labute approximate surface area is 121 Å². The number of rotatable bonds is 2. The summed E-state index contributed by atoms with van der Waals surface area (Å²) >= 11 is 5.49. The molecule has 0 saturated carbocycles. The summed E-state index contributed by atoms with van der Waals surface area (Å²) in [5.41, 5.74) is 1.17. The molecule has 1 heterocycles. The first-order valence-electron chi connectivity index (χ1n) is 6.26. The quantitative estimate of drug-likeness (QED) is 0.794. The van der Waals surface area contributed by atoms with E-state index in [4.69, 9.17) is 0 Å². The van der Waals surface area contributed by atoms with Crippen LogP contribution in [0.25, 0.3) is 0 Å². The Morgan fingerprint density at radius 2 is 2.17 bits per heavy atom. The lowest BCUT2D eigenvalue weighted by Crippen LogP contribution is -2.27. The predicted octanol–water partition coefficient (Wildman–Crippen LogP) is 4.31. The zero-order valence-electron chi connectivity index (χ0n) is 10.9. The zero-order valence-corrected chi connectivity index (χ0v) is 13.3. The summed E-state index contributed by atoms with van der Waals surface area (Å²) in [7, 11) is 0. The Morgan fingerprint density at radius 3 is 2.89 bits per heavy atom. The molecule has 4 heteroatoms. The summed E-state index contributed by atoms with van der Waals surface area (Å²) in [6.07, 6.45) is 1.20. The summed E-state index contributed by atoms with van der Waals surface area (Å²) < 4.78 is 14.3. The topological polar surface area (TPSA) is 3.24 Å². The number of halogens is 2. The van der Waals surface area contributed by atoms with Gasteiger partial charge < -0.3 is 0 Å². The van der Waals surface area contributed by atoms with Crippen LogP contribution in [0.5, 0.6) is 0 Å². The molecule has 0 unspecified atom stereocenters. The van der Waals surface area contributed by atoms with Crippen LogP contribution >= 0.6 is 27.7 Å². The molecule has 1 aromatic rings. The van der Waals surface area contributed by atoms with Crippen molar-refractivity contribution in [2.24, 2.45) is 0 Å². The van der Waals surface area contributed by atoms with E-state index < -0.39 is 0 Å². The molecule has 1 aliphatic heterocycles. The molecule has 100 valence electrons. The Morgan fingerprint density at radius 1 is 1.39 bits per heavy atom. The highest BCUT2D eigenvalue weighted by atomic mass is 79.9. The first-order valence-corrected chi connectivity index (χ1v) is 8.04. The molecule has 0 atom stereocenters. The highest BCUT2D eigenvalue weighted by molar-refractivity contribution is 9.10. The summed E-state index contributed by atoms with van der Waals surface area (Å²) in [5, 5.41) is 0. The van der Waals surface area contributed by atoms with Gasteiger partial charge in [-0.25, -0.2) is 4.39 Å². The Kier molecular flexibility index (Phi) is 4.73. The van der Waals surface area contributed by atoms with E-state index in [0.717, 1.165) is 24.1 Å². The van der Waals surface area contributed by atoms with Crippen LogP contribution in [-0.4, -0.2) is 28.5 Å². The molecule has 1 saturated heterocycles. The molecule has 1 aromatic carbocycles. The number of hydrogen-bond donors (Lipinski definition) is 0. The van der Waals surface area contributed by atoms with Gasteiger partial charge in [-0.3, -0.25) is 4.90 Å². The molecule has 0 spiro atoms. The Bertz CT molecular complexity index is 422. The average molecular weight is 332 g/mol. The van der Waals surface area contributed by atoms with Crippen molar-refractivity contribution in [3.8, 4) is 0 Å². The van der Waals surface area contributed by atoms with Gasteiger partial charge >= 0.3 is 0 Å². The summed E-state index contributed by atoms with van der Waals surface area (Å²) in [6.45, 7) is 7.75. The molecule has 0 aromatic heterocycles. The Hall–Kier alpha value is -0.0600. The zero-order chi connectivity index (χ0) is 13.2. The van der Waals surface area contributed by atoms with Gasteiger partial charge in [-0.2, -0.15) is 11.8 Å². The molecular formula is C14H19BrFNS. The van der Waals surface area contributed by atoms with Crippen molar-refractivity contribution in [1.29, 1.82) is 0 Å². The normalized spacial score (nSPS) is 20.7. The molecule has 0 N–H and O–H groups in total. The van der Waals surface area contributed by atoms with Gasteiger partial charge in [-0.05, 0) is 30.7 Å². The maximum Gasteiger partial charge on any atom is 0.124 e. The molecule has 1 aliphatic rings. The standard InChI is InChI=1S/C14H19BrFNS/c1-14(2)5-6-17(7-8-18-14)10-11-3-4-12(16)9-13(11)15/h3-4,9H,5-8,10H2,1-2H3. The van der Waals surface area contributed by atoms with Gasteiger partial charge in [0.25, 0.3) is 0 Å². The minimum Gasteiger partial charge on any atom is -0.298 e. The van der Waals surface area contributed by atoms with Crippen molar-refractivity contribution in [2.45, 2.75) is 31.6 Å². The molecule has 0 radical (unpaired) electrons. The summed E-state index contributed by atoms with van der Waals surface area (Å²) in [4.78, 5) is 2.46. The fourth-order valence-electron chi connectivity index (χ4n) is 2.11. The van der Waals surface area contributed by atoms with Crippen molar-refractivity contribution in [2.75, 3.05) is 18.8 Å². The van der Waals surface area contributed by atoms with E-state index in [1.165, 1.54) is 23.8 Å². The van der Waals surface area contributed by atoms with Crippen LogP contribution in [0.3, 0.4) is 0 Å². The monoisotopic (exact) mass is 331 g/mol. The maximum absolute atomic E-state index is 13.0. The van der Waals surface area contributed by atoms with Crippen molar-refractivity contribution in [3.05, 3.63) is 34.1 Å². The molecular weight excluding hydrogens is 313 g/mol. The average Bonchev–Trinajstić information content (AvgIpc) is 2.44. The fraction of sp³-hybridized carbons (Fsp3) is 0.571. The number of thioether (sulfide) groups is 1. The highest BCUT2D eigenvalue weighted by Gasteiger charge is 2.23. The molecule has 0 bridgehead atoms. The fourth-order valence-corrected chi connectivity index (χ4v) is 3.73. The number of benzene rings is 1. The van der Waals surface area contributed by atoms with Crippen LogP contribution in [0.2, 0.25) is 0 Å². The molecule has 1 fully saturated rings. The van der Waals surface area contributed by atoms with E-state index in [1.54, 1.807) is 6.07 Å². The number of hydrogen-bond acceptors (Lipinski definition) is 2. The van der Waals surface area contributed by atoms with Crippen molar-refractivity contribution < 1.29 is 4.39 Å². The van der Waals surface area contributed by atoms with E-state index in [2.05, 4.69) is 34.7 Å². The first-order chi connectivity index (χ1) is 8.46. The van der Waals surface area contributed by atoms with E-state index in [9.17, 15) is 4.39 Å². The predicted molar refractivity (Wildman–Crippen MR) is 80.5 cm³/mol. The Balaban J connectivity index is 2.01. The van der Waals surface area contributed by atoms with Crippen LogP contribution in [0.15, 0.2) is 22.7 Å². The molecule has 0 aliphatic carbocycles. The van der Waals surface area contributed by atoms with Gasteiger partial charge in [-0.1, -0.05) is 35.8 Å². The van der Waals surface area contributed by atoms with Gasteiger partial charge in [0, 0.05) is 28.1 Å². The lowest BCUT2D eigenvalue weighted by molar-refractivity contribution is 0.276. The molecule has 18 heavy (non-hydrogen) atoms. The van der Waals surface area contributed by atoms with Crippen molar-refractivity contribution in [3.63, 3.8) is 0 Å². The molecule has 0 amide bonds. The first kappa shape index (κ1) is 14.4. The van der Waals surface area contributed by atoms with Gasteiger partial charge in [0.05, 0.1) is 0 Å². The van der Waals surface area contributed by atoms with E-state index in [0.29, 0.717) is 4.75 Å². The second-order valence-electron chi connectivity index (χ2n) is 5.37. The van der Waals surface area contributed by atoms with Gasteiger partial charge in [0.2, 0.25) is 0 Å². The SMILES string of the molecule is CC1(C)CCN(Cc2ccc(F)cc2Br)CCS1. The minimum absolute atomic E-state index is 0.182. The second kappa shape index (κ2) is 5.93. The van der Waals surface area contributed by atoms with E-state index in [-0.39, 0.29) is 5.82 Å². The van der Waals surface area contributed by atoms with Crippen LogP contribution in [0.4, 0.5) is 4.39 Å². The molecule has 1 nitrogen and oxygen atoms in total. The van der Waals surface area contributed by atoms with Crippen LogP contribution in [0, 0.1) is 5.82 Å². The van der Waals surface area contributed by atoms with Crippen LogP contribution < -0.4 is 0 Å². The van der Waals surface area contributed by atoms with Gasteiger partial charge in [-0.15, -0.1) is 0 Å². The van der Waals surface area contributed by atoms with Gasteiger partial charge in [0.1, 0.15) is 5.82 Å². The number of nitrogens with zero attached hydrogens (tertiary/aromatic N) is 1.